The molecule has 0 radical (unpaired) electrons. The maximum Gasteiger partial charge on any atom is 0.119 e. The first-order valence-electron chi connectivity index (χ1n) is 6.99. The highest BCUT2D eigenvalue weighted by Gasteiger charge is 1.99. The molecule has 2 rings (SSSR count). The Bertz CT molecular complexity index is 523. The summed E-state index contributed by atoms with van der Waals surface area (Å²) in [7, 11) is 0. The lowest BCUT2D eigenvalue weighted by Gasteiger charge is -2.07. The highest BCUT2D eigenvalue weighted by Crippen LogP contribution is 2.08. The maximum atomic E-state index is 9.76. The molecule has 0 aliphatic carbocycles. The summed E-state index contributed by atoms with van der Waals surface area (Å²) in [6, 6.07) is 19.5. The molecule has 2 aromatic carbocycles. The van der Waals surface area contributed by atoms with Crippen molar-refractivity contribution in [3.8, 4) is 5.75 Å². The molecule has 0 heterocycles. The van der Waals surface area contributed by atoms with Gasteiger partial charge in [-0.05, 0) is 23.8 Å². The van der Waals surface area contributed by atoms with E-state index in [0.29, 0.717) is 13.2 Å². The van der Waals surface area contributed by atoms with Crippen LogP contribution in [0.4, 0.5) is 0 Å². The molecule has 0 unspecified atom stereocenters. The summed E-state index contributed by atoms with van der Waals surface area (Å²) in [5, 5.41) is 9.76. The number of benzene rings is 2. The quantitative estimate of drug-likeness (QED) is 0.757. The summed E-state index contributed by atoms with van der Waals surface area (Å²) in [6.07, 6.45) is 2.87. The van der Waals surface area contributed by atoms with Crippen molar-refractivity contribution in [3.63, 3.8) is 0 Å². The lowest BCUT2D eigenvalue weighted by Crippen LogP contribution is -2.12. The highest BCUT2D eigenvalue weighted by atomic mass is 16.5. The second-order valence-electron chi connectivity index (χ2n) is 4.62. The fraction of sp³-hybridized carbons (Fsp3) is 0.222. The van der Waals surface area contributed by atoms with Gasteiger partial charge in [0.1, 0.15) is 12.4 Å². The molecule has 0 saturated heterocycles. The Morgan fingerprint density at radius 3 is 2.33 bits per heavy atom. The molecule has 1 N–H and O–H groups in total. The van der Waals surface area contributed by atoms with Crippen molar-refractivity contribution >= 4 is 0 Å². The van der Waals surface area contributed by atoms with Crippen molar-refractivity contribution in [3.05, 3.63) is 78.4 Å². The number of aliphatic hydroxyl groups is 1. The standard InChI is InChI=1S/C18H20O3/c19-17(15-20-14-16-8-3-1-4-9-16)10-7-13-21-18-11-5-2-6-12-18/h1-12,17,19H,13-15H2/b10-7+/t17-/m1/s1. The van der Waals surface area contributed by atoms with Crippen molar-refractivity contribution in [1.82, 2.24) is 0 Å². The SMILES string of the molecule is O[C@H](/C=C/COc1ccccc1)COCc1ccccc1. The van der Waals surface area contributed by atoms with Gasteiger partial charge in [0.15, 0.2) is 0 Å². The Balaban J connectivity index is 1.60. The van der Waals surface area contributed by atoms with Crippen LogP contribution in [0.3, 0.4) is 0 Å². The summed E-state index contributed by atoms with van der Waals surface area (Å²) in [5.41, 5.74) is 1.10. The minimum atomic E-state index is -0.618. The van der Waals surface area contributed by atoms with Crippen molar-refractivity contribution in [1.29, 1.82) is 0 Å². The Kier molecular flexibility index (Phi) is 6.52. The molecular formula is C18H20O3. The number of para-hydroxylation sites is 1. The van der Waals surface area contributed by atoms with Gasteiger partial charge in [-0.3, -0.25) is 0 Å². The van der Waals surface area contributed by atoms with Crippen LogP contribution in [0.1, 0.15) is 5.56 Å². The van der Waals surface area contributed by atoms with Crippen molar-refractivity contribution in [2.75, 3.05) is 13.2 Å². The predicted molar refractivity (Wildman–Crippen MR) is 83.2 cm³/mol. The highest BCUT2D eigenvalue weighted by molar-refractivity contribution is 5.21. The van der Waals surface area contributed by atoms with E-state index in [9.17, 15) is 5.11 Å². The smallest absolute Gasteiger partial charge is 0.119 e. The van der Waals surface area contributed by atoms with E-state index in [0.717, 1.165) is 11.3 Å². The average Bonchev–Trinajstić information content (AvgIpc) is 2.54. The minimum Gasteiger partial charge on any atom is -0.490 e. The van der Waals surface area contributed by atoms with Gasteiger partial charge in [-0.1, -0.05) is 54.6 Å². The van der Waals surface area contributed by atoms with Gasteiger partial charge in [0.25, 0.3) is 0 Å². The molecule has 0 aromatic heterocycles. The lowest BCUT2D eigenvalue weighted by atomic mass is 10.2. The van der Waals surface area contributed by atoms with E-state index in [1.54, 1.807) is 12.2 Å². The van der Waals surface area contributed by atoms with Crippen molar-refractivity contribution in [2.24, 2.45) is 0 Å². The van der Waals surface area contributed by atoms with Crippen LogP contribution < -0.4 is 4.74 Å². The third kappa shape index (κ3) is 6.25. The monoisotopic (exact) mass is 284 g/mol. The fourth-order valence-electron chi connectivity index (χ4n) is 1.80. The van der Waals surface area contributed by atoms with E-state index < -0.39 is 6.10 Å². The molecule has 21 heavy (non-hydrogen) atoms. The first-order valence-corrected chi connectivity index (χ1v) is 6.99. The Labute approximate surface area is 125 Å². The third-order valence-electron chi connectivity index (χ3n) is 2.85. The van der Waals surface area contributed by atoms with Gasteiger partial charge in [0, 0.05) is 0 Å². The molecule has 0 aliphatic rings. The first kappa shape index (κ1) is 15.3. The third-order valence-corrected chi connectivity index (χ3v) is 2.85. The number of hydrogen-bond donors (Lipinski definition) is 1. The summed E-state index contributed by atoms with van der Waals surface area (Å²) in [6.45, 7) is 1.21. The topological polar surface area (TPSA) is 38.7 Å². The number of aliphatic hydroxyl groups excluding tert-OH is 1. The zero-order chi connectivity index (χ0) is 14.8. The van der Waals surface area contributed by atoms with E-state index in [1.807, 2.05) is 60.7 Å². The fourth-order valence-corrected chi connectivity index (χ4v) is 1.80. The summed E-state index contributed by atoms with van der Waals surface area (Å²) < 4.78 is 10.9. The lowest BCUT2D eigenvalue weighted by molar-refractivity contribution is 0.0501. The van der Waals surface area contributed by atoms with Crippen LogP contribution in [0.25, 0.3) is 0 Å². The van der Waals surface area contributed by atoms with Crippen LogP contribution in [0.5, 0.6) is 5.75 Å². The maximum absolute atomic E-state index is 9.76. The molecule has 1 atom stereocenters. The summed E-state index contributed by atoms with van der Waals surface area (Å²) in [5.74, 6) is 0.817. The van der Waals surface area contributed by atoms with E-state index in [1.165, 1.54) is 0 Å². The van der Waals surface area contributed by atoms with Crippen LogP contribution in [0, 0.1) is 0 Å². The summed E-state index contributed by atoms with van der Waals surface area (Å²) >= 11 is 0. The van der Waals surface area contributed by atoms with Gasteiger partial charge in [-0.25, -0.2) is 0 Å². The second-order valence-corrected chi connectivity index (χ2v) is 4.62. The van der Waals surface area contributed by atoms with Gasteiger partial charge >= 0.3 is 0 Å². The molecular weight excluding hydrogens is 264 g/mol. The van der Waals surface area contributed by atoms with Gasteiger partial charge in [-0.2, -0.15) is 0 Å². The molecule has 0 fully saturated rings. The van der Waals surface area contributed by atoms with Crippen molar-refractivity contribution in [2.45, 2.75) is 12.7 Å². The first-order chi connectivity index (χ1) is 10.3. The zero-order valence-corrected chi connectivity index (χ0v) is 11.9. The van der Waals surface area contributed by atoms with Crippen LogP contribution in [-0.2, 0) is 11.3 Å². The molecule has 0 bridgehead atoms. The van der Waals surface area contributed by atoms with Crippen molar-refractivity contribution < 1.29 is 14.6 Å². The zero-order valence-electron chi connectivity index (χ0n) is 11.9. The van der Waals surface area contributed by atoms with E-state index in [4.69, 9.17) is 9.47 Å². The minimum absolute atomic E-state index is 0.275. The van der Waals surface area contributed by atoms with E-state index in [-0.39, 0.29) is 6.61 Å². The molecule has 0 amide bonds. The van der Waals surface area contributed by atoms with Crippen LogP contribution in [0.2, 0.25) is 0 Å². The molecule has 3 nitrogen and oxygen atoms in total. The molecule has 0 saturated carbocycles. The Morgan fingerprint density at radius 1 is 0.952 bits per heavy atom. The van der Waals surface area contributed by atoms with Crippen LogP contribution in [-0.4, -0.2) is 24.4 Å². The largest absolute Gasteiger partial charge is 0.490 e. The second kappa shape index (κ2) is 8.95. The van der Waals surface area contributed by atoms with Gasteiger partial charge in [0.2, 0.25) is 0 Å². The molecule has 110 valence electrons. The molecule has 2 aromatic rings. The van der Waals surface area contributed by atoms with E-state index >= 15 is 0 Å². The molecule has 0 aliphatic heterocycles. The van der Waals surface area contributed by atoms with Crippen LogP contribution in [0.15, 0.2) is 72.8 Å². The van der Waals surface area contributed by atoms with Gasteiger partial charge < -0.3 is 14.6 Å². The number of ether oxygens (including phenoxy) is 2. The number of rotatable bonds is 8. The van der Waals surface area contributed by atoms with E-state index in [2.05, 4.69) is 0 Å². The predicted octanol–water partition coefficient (Wildman–Crippen LogP) is 3.20. The average molecular weight is 284 g/mol. The number of hydrogen-bond acceptors (Lipinski definition) is 3. The van der Waals surface area contributed by atoms with Crippen LogP contribution >= 0.6 is 0 Å². The Morgan fingerprint density at radius 2 is 1.62 bits per heavy atom. The Hall–Kier alpha value is -2.10. The normalized spacial score (nSPS) is 12.4. The van der Waals surface area contributed by atoms with Gasteiger partial charge in [0.05, 0.1) is 19.3 Å². The summed E-state index contributed by atoms with van der Waals surface area (Å²) in [4.78, 5) is 0. The molecule has 0 spiro atoms. The molecule has 3 heteroatoms. The van der Waals surface area contributed by atoms with Gasteiger partial charge in [-0.15, -0.1) is 0 Å².